The quantitative estimate of drug-likeness (QED) is 0.522. The Hall–Kier alpha value is -2.50. The molecule has 0 unspecified atom stereocenters. The second-order valence-corrected chi connectivity index (χ2v) is 8.62. The number of nitrogens with one attached hydrogen (secondary N) is 3. The molecule has 0 radical (unpaired) electrons. The third-order valence-corrected chi connectivity index (χ3v) is 6.12. The first-order chi connectivity index (χ1) is 15.2. The van der Waals surface area contributed by atoms with Gasteiger partial charge in [-0.15, -0.1) is 0 Å². The summed E-state index contributed by atoms with van der Waals surface area (Å²) in [6, 6.07) is 15.9. The number of H-pyrrole nitrogens is 1. The summed E-state index contributed by atoms with van der Waals surface area (Å²) in [6.45, 7) is 2.91. The maximum absolute atomic E-state index is 14.6. The van der Waals surface area contributed by atoms with Gasteiger partial charge in [0, 0.05) is 17.0 Å². The van der Waals surface area contributed by atoms with E-state index >= 15 is 0 Å². The molecule has 0 spiro atoms. The molecule has 4 rings (SSSR count). The maximum atomic E-state index is 14.6. The summed E-state index contributed by atoms with van der Waals surface area (Å²) < 4.78 is 14.6. The molecular formula is C25H29ClFN4+. The third kappa shape index (κ3) is 6.25. The number of hydrogen-bond acceptors (Lipinski definition) is 3. The highest BCUT2D eigenvalue weighted by Crippen LogP contribution is 2.24. The monoisotopic (exact) mass is 439 g/mol. The number of halogens is 2. The summed E-state index contributed by atoms with van der Waals surface area (Å²) in [5, 5.41) is 7.39. The molecule has 1 aliphatic rings. The van der Waals surface area contributed by atoms with Gasteiger partial charge in [-0.1, -0.05) is 46.9 Å². The van der Waals surface area contributed by atoms with Crippen LogP contribution in [0.3, 0.4) is 0 Å². The number of benzene rings is 2. The normalized spacial score (nSPS) is 14.5. The summed E-state index contributed by atoms with van der Waals surface area (Å²) in [5.74, 6) is 0.982. The largest absolute Gasteiger partial charge is 0.389 e. The molecule has 1 aliphatic heterocycles. The molecule has 1 saturated heterocycles. The Balaban J connectivity index is 1.40. The van der Waals surface area contributed by atoms with Gasteiger partial charge in [0.25, 0.3) is 0 Å². The lowest BCUT2D eigenvalue weighted by atomic mass is 9.91. The number of aromatic amines is 1. The van der Waals surface area contributed by atoms with Gasteiger partial charge in [-0.3, -0.25) is 5.32 Å². The zero-order chi connectivity index (χ0) is 21.5. The first-order valence-electron chi connectivity index (χ1n) is 11.0. The van der Waals surface area contributed by atoms with E-state index in [1.807, 2.05) is 36.4 Å². The van der Waals surface area contributed by atoms with E-state index in [1.54, 1.807) is 0 Å². The predicted octanol–water partition coefficient (Wildman–Crippen LogP) is 4.94. The van der Waals surface area contributed by atoms with Gasteiger partial charge >= 0.3 is 5.95 Å². The number of nitrogens with zero attached hydrogens (tertiary/aromatic N) is 1. The molecule has 6 heteroatoms. The number of aromatic nitrogens is 2. The van der Waals surface area contributed by atoms with Crippen molar-refractivity contribution in [2.45, 2.75) is 32.1 Å². The molecule has 4 nitrogen and oxygen atoms in total. The van der Waals surface area contributed by atoms with Crippen LogP contribution in [0, 0.1) is 11.7 Å². The molecule has 0 aliphatic carbocycles. The fourth-order valence-electron chi connectivity index (χ4n) is 4.12. The van der Waals surface area contributed by atoms with Crippen LogP contribution in [0.2, 0.25) is 5.02 Å². The Kier molecular flexibility index (Phi) is 7.49. The van der Waals surface area contributed by atoms with Crippen molar-refractivity contribution in [2.24, 2.45) is 5.92 Å². The summed E-state index contributed by atoms with van der Waals surface area (Å²) in [7, 11) is 0. The molecule has 162 valence electrons. The van der Waals surface area contributed by atoms with Crippen LogP contribution in [-0.4, -0.2) is 24.6 Å². The standard InChI is InChI=1S/C25H28ClFN4/c26-22-6-2-4-20(16-22)11-14-29-25-30-17-23(27)24(31-25)21-5-1-3-19(15-21)8-7-18-9-12-28-13-10-18/h1-6,15-18,28H,7-14H2,(H,29,30,31)/p+1. The minimum absolute atomic E-state index is 0.351. The van der Waals surface area contributed by atoms with Crippen molar-refractivity contribution in [1.29, 1.82) is 0 Å². The fourth-order valence-corrected chi connectivity index (χ4v) is 4.34. The van der Waals surface area contributed by atoms with Crippen molar-refractivity contribution in [2.75, 3.05) is 25.0 Å². The molecule has 0 amide bonds. The van der Waals surface area contributed by atoms with Crippen LogP contribution in [0.25, 0.3) is 11.3 Å². The molecule has 2 heterocycles. The Morgan fingerprint density at radius 1 is 1.06 bits per heavy atom. The number of anilines is 1. The van der Waals surface area contributed by atoms with Crippen LogP contribution < -0.4 is 15.6 Å². The van der Waals surface area contributed by atoms with E-state index in [4.69, 9.17) is 11.6 Å². The molecule has 0 bridgehead atoms. The van der Waals surface area contributed by atoms with Crippen molar-refractivity contribution in [1.82, 2.24) is 10.3 Å². The van der Waals surface area contributed by atoms with Crippen molar-refractivity contribution in [3.05, 3.63) is 76.7 Å². The fraction of sp³-hybridized carbons (Fsp3) is 0.360. The average Bonchev–Trinajstić information content (AvgIpc) is 2.80. The van der Waals surface area contributed by atoms with Gasteiger partial charge in [0.1, 0.15) is 6.20 Å². The predicted molar refractivity (Wildman–Crippen MR) is 124 cm³/mol. The van der Waals surface area contributed by atoms with Crippen molar-refractivity contribution < 1.29 is 9.37 Å². The summed E-state index contributed by atoms with van der Waals surface area (Å²) in [5.41, 5.74) is 3.56. The van der Waals surface area contributed by atoms with Gasteiger partial charge in [0.05, 0.1) is 6.54 Å². The van der Waals surface area contributed by atoms with Crippen molar-refractivity contribution >= 4 is 17.5 Å². The minimum atomic E-state index is -0.351. The van der Waals surface area contributed by atoms with E-state index < -0.39 is 0 Å². The highest BCUT2D eigenvalue weighted by molar-refractivity contribution is 6.30. The highest BCUT2D eigenvalue weighted by atomic mass is 35.5. The topological polar surface area (TPSA) is 51.1 Å². The Morgan fingerprint density at radius 2 is 1.84 bits per heavy atom. The van der Waals surface area contributed by atoms with Gasteiger partial charge in [-0.25, -0.2) is 4.98 Å². The SMILES string of the molecule is Fc1c[nH+]c(NCCc2cccc(Cl)c2)nc1-c1cccc(CCC2CCNCC2)c1. The number of piperidine rings is 1. The number of aryl methyl sites for hydroxylation is 1. The van der Waals surface area contributed by atoms with Crippen LogP contribution >= 0.6 is 11.6 Å². The lowest BCUT2D eigenvalue weighted by molar-refractivity contribution is -0.367. The van der Waals surface area contributed by atoms with Crippen LogP contribution in [0.15, 0.2) is 54.7 Å². The van der Waals surface area contributed by atoms with E-state index in [0.29, 0.717) is 18.2 Å². The Bertz CT molecular complexity index is 1000. The zero-order valence-corrected chi connectivity index (χ0v) is 18.4. The first kappa shape index (κ1) is 21.7. The van der Waals surface area contributed by atoms with Gasteiger partial charge in [0.2, 0.25) is 0 Å². The highest BCUT2D eigenvalue weighted by Gasteiger charge is 2.17. The second-order valence-electron chi connectivity index (χ2n) is 8.18. The molecule has 2 aromatic carbocycles. The number of hydrogen-bond donors (Lipinski definition) is 2. The first-order valence-corrected chi connectivity index (χ1v) is 11.4. The van der Waals surface area contributed by atoms with Gasteiger partial charge < -0.3 is 5.32 Å². The van der Waals surface area contributed by atoms with E-state index in [-0.39, 0.29) is 5.82 Å². The lowest BCUT2D eigenvalue weighted by Crippen LogP contribution is -2.27. The Labute approximate surface area is 188 Å². The molecule has 1 aromatic heterocycles. The summed E-state index contributed by atoms with van der Waals surface area (Å²) in [4.78, 5) is 7.40. The van der Waals surface area contributed by atoms with Gasteiger partial charge in [0.15, 0.2) is 11.5 Å². The molecular weight excluding hydrogens is 411 g/mol. The van der Waals surface area contributed by atoms with E-state index in [9.17, 15) is 4.39 Å². The van der Waals surface area contributed by atoms with E-state index in [2.05, 4.69) is 32.7 Å². The van der Waals surface area contributed by atoms with Crippen LogP contribution in [0.1, 0.15) is 30.4 Å². The van der Waals surface area contributed by atoms with Crippen LogP contribution in [0.5, 0.6) is 0 Å². The molecule has 31 heavy (non-hydrogen) atoms. The van der Waals surface area contributed by atoms with Gasteiger partial charge in [-0.05, 0) is 74.0 Å². The van der Waals surface area contributed by atoms with E-state index in [0.717, 1.165) is 48.0 Å². The third-order valence-electron chi connectivity index (χ3n) is 5.88. The number of rotatable bonds is 8. The molecule has 0 atom stereocenters. The smallest absolute Gasteiger partial charge is 0.317 e. The van der Waals surface area contributed by atoms with Crippen LogP contribution in [0.4, 0.5) is 10.3 Å². The molecule has 1 fully saturated rings. The second kappa shape index (κ2) is 10.7. The van der Waals surface area contributed by atoms with Crippen molar-refractivity contribution in [3.8, 4) is 11.3 Å². The molecule has 3 aromatic rings. The lowest BCUT2D eigenvalue weighted by Gasteiger charge is -2.22. The molecule has 3 N–H and O–H groups in total. The van der Waals surface area contributed by atoms with Gasteiger partial charge in [-0.2, -0.15) is 4.39 Å². The Morgan fingerprint density at radius 3 is 2.65 bits per heavy atom. The summed E-state index contributed by atoms with van der Waals surface area (Å²) >= 11 is 6.04. The average molecular weight is 440 g/mol. The van der Waals surface area contributed by atoms with E-state index in [1.165, 1.54) is 31.0 Å². The minimum Gasteiger partial charge on any atom is -0.317 e. The molecule has 0 saturated carbocycles. The van der Waals surface area contributed by atoms with Crippen LogP contribution in [-0.2, 0) is 12.8 Å². The maximum Gasteiger partial charge on any atom is 0.389 e. The van der Waals surface area contributed by atoms with Crippen molar-refractivity contribution in [3.63, 3.8) is 0 Å². The zero-order valence-electron chi connectivity index (χ0n) is 17.6. The summed E-state index contributed by atoms with van der Waals surface area (Å²) in [6.07, 6.45) is 6.85.